The van der Waals surface area contributed by atoms with Gasteiger partial charge in [-0.2, -0.15) is 0 Å². The molecule has 0 amide bonds. The molecule has 1 fully saturated rings. The number of carboxylic acid groups (broad SMARTS) is 1. The minimum atomic E-state index is -3.48. The number of hydrogen-bond acceptors (Lipinski definition) is 6. The summed E-state index contributed by atoms with van der Waals surface area (Å²) >= 11 is 0. The van der Waals surface area contributed by atoms with Gasteiger partial charge in [0.15, 0.2) is 0 Å². The number of carbonyl (C=O) groups is 1. The third kappa shape index (κ3) is 4.48. The lowest BCUT2D eigenvalue weighted by Gasteiger charge is -2.38. The lowest BCUT2D eigenvalue weighted by Crippen LogP contribution is -2.47. The van der Waals surface area contributed by atoms with Crippen LogP contribution in [0.1, 0.15) is 10.4 Å². The SMILES string of the molecule is COc1ccccc1N1CCN(c2ccc(NS(C)(=O)=O)cc2C(=O)O)CC1. The van der Waals surface area contributed by atoms with Gasteiger partial charge >= 0.3 is 5.97 Å². The standard InChI is InChI=1S/C19H23N3O5S/c1-27-18-6-4-3-5-17(18)22-11-9-21(10-12-22)16-8-7-14(20-28(2,25)26)13-15(16)19(23)24/h3-8,13,20H,9-12H2,1-2H3,(H,23,24). The van der Waals surface area contributed by atoms with Crippen molar-refractivity contribution in [3.63, 3.8) is 0 Å². The molecule has 150 valence electrons. The number of para-hydroxylation sites is 2. The minimum Gasteiger partial charge on any atom is -0.495 e. The highest BCUT2D eigenvalue weighted by Crippen LogP contribution is 2.31. The van der Waals surface area contributed by atoms with E-state index in [2.05, 4.69) is 9.62 Å². The number of aromatic carboxylic acids is 1. The normalized spacial score (nSPS) is 14.6. The second-order valence-corrected chi connectivity index (χ2v) is 8.31. The number of methoxy groups -OCH3 is 1. The summed E-state index contributed by atoms with van der Waals surface area (Å²) in [6.45, 7) is 2.69. The van der Waals surface area contributed by atoms with Gasteiger partial charge in [0.2, 0.25) is 10.0 Å². The van der Waals surface area contributed by atoms with Gasteiger partial charge in [-0.05, 0) is 30.3 Å². The number of carboxylic acids is 1. The van der Waals surface area contributed by atoms with Gasteiger partial charge in [-0.15, -0.1) is 0 Å². The zero-order valence-corrected chi connectivity index (χ0v) is 16.6. The number of benzene rings is 2. The van der Waals surface area contributed by atoms with Crippen molar-refractivity contribution in [1.29, 1.82) is 0 Å². The molecule has 2 aromatic carbocycles. The Labute approximate surface area is 164 Å². The van der Waals surface area contributed by atoms with Crippen molar-refractivity contribution >= 4 is 33.1 Å². The zero-order valence-electron chi connectivity index (χ0n) is 15.8. The first-order chi connectivity index (χ1) is 13.3. The van der Waals surface area contributed by atoms with E-state index in [1.807, 2.05) is 29.2 Å². The van der Waals surface area contributed by atoms with E-state index in [1.165, 1.54) is 6.07 Å². The fourth-order valence-electron chi connectivity index (χ4n) is 3.34. The van der Waals surface area contributed by atoms with E-state index in [9.17, 15) is 18.3 Å². The maximum atomic E-state index is 11.7. The molecule has 1 aliphatic rings. The summed E-state index contributed by atoms with van der Waals surface area (Å²) in [5.41, 5.74) is 1.89. The van der Waals surface area contributed by atoms with Crippen LogP contribution in [0.5, 0.6) is 5.75 Å². The molecule has 3 rings (SSSR count). The first-order valence-corrected chi connectivity index (χ1v) is 10.7. The first-order valence-electron chi connectivity index (χ1n) is 8.76. The Morgan fingerprint density at radius 2 is 1.64 bits per heavy atom. The third-order valence-electron chi connectivity index (χ3n) is 4.58. The van der Waals surface area contributed by atoms with Crippen LogP contribution in [0.4, 0.5) is 17.1 Å². The molecule has 0 bridgehead atoms. The van der Waals surface area contributed by atoms with Crippen LogP contribution in [-0.2, 0) is 10.0 Å². The number of rotatable bonds is 6. The Hall–Kier alpha value is -2.94. The van der Waals surface area contributed by atoms with E-state index in [0.717, 1.165) is 17.7 Å². The third-order valence-corrected chi connectivity index (χ3v) is 5.18. The summed E-state index contributed by atoms with van der Waals surface area (Å²) in [7, 11) is -1.84. The Bertz CT molecular complexity index is 969. The molecule has 0 atom stereocenters. The number of ether oxygens (including phenoxy) is 1. The fraction of sp³-hybridized carbons (Fsp3) is 0.316. The maximum Gasteiger partial charge on any atom is 0.337 e. The summed E-state index contributed by atoms with van der Waals surface area (Å²) in [6.07, 6.45) is 1.03. The Kier molecular flexibility index (Phi) is 5.64. The van der Waals surface area contributed by atoms with Gasteiger partial charge in [0.1, 0.15) is 5.75 Å². The zero-order chi connectivity index (χ0) is 20.3. The summed E-state index contributed by atoms with van der Waals surface area (Å²) < 4.78 is 30.6. The van der Waals surface area contributed by atoms with Crippen molar-refractivity contribution in [3.8, 4) is 5.75 Å². The van der Waals surface area contributed by atoms with Gasteiger partial charge in [0.25, 0.3) is 0 Å². The van der Waals surface area contributed by atoms with Gasteiger partial charge in [0, 0.05) is 31.9 Å². The number of hydrogen-bond donors (Lipinski definition) is 2. The topological polar surface area (TPSA) is 99.2 Å². The Morgan fingerprint density at radius 3 is 2.21 bits per heavy atom. The van der Waals surface area contributed by atoms with E-state index in [4.69, 9.17) is 4.74 Å². The molecule has 0 aromatic heterocycles. The van der Waals surface area contributed by atoms with Crippen molar-refractivity contribution in [2.45, 2.75) is 0 Å². The molecule has 1 heterocycles. The van der Waals surface area contributed by atoms with E-state index >= 15 is 0 Å². The summed E-state index contributed by atoms with van der Waals surface area (Å²) in [4.78, 5) is 15.9. The van der Waals surface area contributed by atoms with Crippen LogP contribution in [0.2, 0.25) is 0 Å². The number of nitrogens with one attached hydrogen (secondary N) is 1. The molecule has 0 radical (unpaired) electrons. The summed E-state index contributed by atoms with van der Waals surface area (Å²) in [5.74, 6) is -0.294. The monoisotopic (exact) mass is 405 g/mol. The van der Waals surface area contributed by atoms with Crippen LogP contribution < -0.4 is 19.3 Å². The van der Waals surface area contributed by atoms with Gasteiger partial charge in [0.05, 0.1) is 30.3 Å². The van der Waals surface area contributed by atoms with Crippen molar-refractivity contribution < 1.29 is 23.1 Å². The Balaban J connectivity index is 1.79. The van der Waals surface area contributed by atoms with E-state index < -0.39 is 16.0 Å². The lowest BCUT2D eigenvalue weighted by atomic mass is 10.1. The van der Waals surface area contributed by atoms with Crippen LogP contribution >= 0.6 is 0 Å². The molecule has 1 saturated heterocycles. The molecule has 0 unspecified atom stereocenters. The van der Waals surface area contributed by atoms with Crippen LogP contribution in [-0.4, -0.2) is 59.0 Å². The van der Waals surface area contributed by atoms with Crippen molar-refractivity contribution in [3.05, 3.63) is 48.0 Å². The predicted molar refractivity (Wildman–Crippen MR) is 109 cm³/mol. The van der Waals surface area contributed by atoms with Crippen molar-refractivity contribution in [2.75, 3.05) is 54.1 Å². The molecule has 0 spiro atoms. The molecule has 2 aromatic rings. The van der Waals surface area contributed by atoms with Crippen molar-refractivity contribution in [1.82, 2.24) is 0 Å². The number of piperazine rings is 1. The molecule has 0 saturated carbocycles. The maximum absolute atomic E-state index is 11.7. The van der Waals surface area contributed by atoms with Gasteiger partial charge in [-0.25, -0.2) is 13.2 Å². The van der Waals surface area contributed by atoms with Crippen LogP contribution in [0, 0.1) is 0 Å². The first kappa shape index (κ1) is 19.8. The predicted octanol–water partition coefficient (Wildman–Crippen LogP) is 2.09. The second-order valence-electron chi connectivity index (χ2n) is 6.56. The quantitative estimate of drug-likeness (QED) is 0.759. The van der Waals surface area contributed by atoms with Crippen LogP contribution in [0.15, 0.2) is 42.5 Å². The average Bonchev–Trinajstić information content (AvgIpc) is 2.67. The summed E-state index contributed by atoms with van der Waals surface area (Å²) in [5, 5.41) is 9.59. The smallest absolute Gasteiger partial charge is 0.337 e. The highest BCUT2D eigenvalue weighted by Gasteiger charge is 2.23. The summed E-state index contributed by atoms with van der Waals surface area (Å²) in [6, 6.07) is 12.4. The van der Waals surface area contributed by atoms with Crippen LogP contribution in [0.25, 0.3) is 0 Å². The molecule has 8 nitrogen and oxygen atoms in total. The highest BCUT2D eigenvalue weighted by molar-refractivity contribution is 7.92. The van der Waals surface area contributed by atoms with E-state index in [-0.39, 0.29) is 11.3 Å². The molecule has 2 N–H and O–H groups in total. The molecule has 0 aliphatic carbocycles. The van der Waals surface area contributed by atoms with E-state index in [1.54, 1.807) is 19.2 Å². The molecule has 9 heteroatoms. The number of nitrogens with zero attached hydrogens (tertiary/aromatic N) is 2. The lowest BCUT2D eigenvalue weighted by molar-refractivity contribution is 0.0697. The van der Waals surface area contributed by atoms with Gasteiger partial charge < -0.3 is 19.6 Å². The molecular weight excluding hydrogens is 382 g/mol. The van der Waals surface area contributed by atoms with Crippen molar-refractivity contribution in [2.24, 2.45) is 0 Å². The molecule has 28 heavy (non-hydrogen) atoms. The van der Waals surface area contributed by atoms with Gasteiger partial charge in [-0.3, -0.25) is 4.72 Å². The van der Waals surface area contributed by atoms with Gasteiger partial charge in [-0.1, -0.05) is 12.1 Å². The number of anilines is 3. The largest absolute Gasteiger partial charge is 0.495 e. The average molecular weight is 405 g/mol. The fourth-order valence-corrected chi connectivity index (χ4v) is 3.90. The van der Waals surface area contributed by atoms with Crippen LogP contribution in [0.3, 0.4) is 0 Å². The minimum absolute atomic E-state index is 0.0689. The molecular formula is C19H23N3O5S. The molecule has 1 aliphatic heterocycles. The highest BCUT2D eigenvalue weighted by atomic mass is 32.2. The van der Waals surface area contributed by atoms with E-state index in [0.29, 0.717) is 31.9 Å². The Morgan fingerprint density at radius 1 is 1.04 bits per heavy atom. The number of sulfonamides is 1. The second kappa shape index (κ2) is 7.97.